The third kappa shape index (κ3) is 3.64. The van der Waals surface area contributed by atoms with Crippen LogP contribution in [0.4, 0.5) is 0 Å². The highest BCUT2D eigenvalue weighted by molar-refractivity contribution is 5.62. The van der Waals surface area contributed by atoms with Crippen molar-refractivity contribution in [2.75, 3.05) is 26.9 Å². The van der Waals surface area contributed by atoms with Crippen molar-refractivity contribution >= 4 is 6.08 Å². The van der Waals surface area contributed by atoms with Crippen LogP contribution in [-0.4, -0.2) is 32.9 Å². The zero-order chi connectivity index (χ0) is 13.7. The Bertz CT molecular complexity index is 438. The van der Waals surface area contributed by atoms with Gasteiger partial charge in [-0.25, -0.2) is 0 Å². The van der Waals surface area contributed by atoms with Crippen LogP contribution in [0.15, 0.2) is 18.2 Å². The van der Waals surface area contributed by atoms with Gasteiger partial charge in [-0.05, 0) is 17.7 Å². The number of rotatable bonds is 5. The third-order valence-corrected chi connectivity index (χ3v) is 2.80. The molecular formula is C15H21NO3. The van der Waals surface area contributed by atoms with Gasteiger partial charge in [0.15, 0.2) is 11.5 Å². The topological polar surface area (TPSA) is 39.7 Å². The van der Waals surface area contributed by atoms with Crippen molar-refractivity contribution in [1.29, 1.82) is 0 Å². The van der Waals surface area contributed by atoms with Crippen molar-refractivity contribution in [3.8, 4) is 17.2 Å². The molecule has 0 saturated carbocycles. The molecule has 0 bridgehead atoms. The maximum atomic E-state index is 5.60. The summed E-state index contributed by atoms with van der Waals surface area (Å²) in [4.78, 5) is 0. The summed E-state index contributed by atoms with van der Waals surface area (Å²) in [6.45, 7) is 6.24. The maximum Gasteiger partial charge on any atom is 0.203 e. The van der Waals surface area contributed by atoms with E-state index in [1.165, 1.54) is 0 Å². The molecule has 0 amide bonds. The molecule has 0 unspecified atom stereocenters. The second kappa shape index (κ2) is 6.48. The van der Waals surface area contributed by atoms with Crippen LogP contribution in [0.1, 0.15) is 19.4 Å². The lowest BCUT2D eigenvalue weighted by molar-refractivity contribution is 0.165. The molecule has 104 valence electrons. The Labute approximate surface area is 114 Å². The van der Waals surface area contributed by atoms with E-state index in [0.29, 0.717) is 30.8 Å². The van der Waals surface area contributed by atoms with Crippen molar-refractivity contribution in [3.63, 3.8) is 0 Å². The highest BCUT2D eigenvalue weighted by Gasteiger charge is 2.17. The molecular weight excluding hydrogens is 242 g/mol. The van der Waals surface area contributed by atoms with Gasteiger partial charge in [0.05, 0.1) is 7.11 Å². The molecule has 1 aliphatic heterocycles. The van der Waals surface area contributed by atoms with Gasteiger partial charge in [0, 0.05) is 12.6 Å². The normalized spacial score (nSPS) is 14.1. The molecule has 1 aromatic rings. The number of methoxy groups -OCH3 is 1. The molecule has 0 aromatic heterocycles. The minimum atomic E-state index is 0.486. The van der Waals surface area contributed by atoms with E-state index in [-0.39, 0.29) is 0 Å². The molecule has 0 aliphatic carbocycles. The largest absolute Gasteiger partial charge is 0.493 e. The standard InChI is InChI=1S/C15H21NO3/c1-11(2)16-6-4-5-12-9-13(17-3)15-14(10-12)18-7-8-19-15/h4-5,9-11,16H,6-8H2,1-3H3. The molecule has 19 heavy (non-hydrogen) atoms. The molecule has 0 fully saturated rings. The fourth-order valence-corrected chi connectivity index (χ4v) is 1.89. The monoisotopic (exact) mass is 263 g/mol. The zero-order valence-electron chi connectivity index (χ0n) is 11.7. The number of fused-ring (bicyclic) bond motifs is 1. The van der Waals surface area contributed by atoms with E-state index < -0.39 is 0 Å². The van der Waals surface area contributed by atoms with Gasteiger partial charge in [-0.15, -0.1) is 0 Å². The van der Waals surface area contributed by atoms with Gasteiger partial charge in [-0.1, -0.05) is 26.0 Å². The summed E-state index contributed by atoms with van der Waals surface area (Å²) in [6.07, 6.45) is 4.14. The SMILES string of the molecule is COc1cc(C=CCNC(C)C)cc2c1OCCO2. The minimum absolute atomic E-state index is 0.486. The number of ether oxygens (including phenoxy) is 3. The van der Waals surface area contributed by atoms with Gasteiger partial charge >= 0.3 is 0 Å². The number of benzene rings is 1. The highest BCUT2D eigenvalue weighted by Crippen LogP contribution is 2.40. The minimum Gasteiger partial charge on any atom is -0.493 e. The summed E-state index contributed by atoms with van der Waals surface area (Å²) in [6, 6.07) is 4.42. The summed E-state index contributed by atoms with van der Waals surface area (Å²) in [5.41, 5.74) is 1.05. The molecule has 0 radical (unpaired) electrons. The lowest BCUT2D eigenvalue weighted by Gasteiger charge is -2.21. The van der Waals surface area contributed by atoms with Crippen molar-refractivity contribution < 1.29 is 14.2 Å². The Kier molecular flexibility index (Phi) is 4.68. The fraction of sp³-hybridized carbons (Fsp3) is 0.467. The van der Waals surface area contributed by atoms with Crippen molar-refractivity contribution in [3.05, 3.63) is 23.8 Å². The van der Waals surface area contributed by atoms with Crippen LogP contribution in [0.25, 0.3) is 6.08 Å². The fourth-order valence-electron chi connectivity index (χ4n) is 1.89. The molecule has 0 spiro atoms. The van der Waals surface area contributed by atoms with Gasteiger partial charge in [0.1, 0.15) is 13.2 Å². The number of nitrogens with one attached hydrogen (secondary N) is 1. The van der Waals surface area contributed by atoms with E-state index in [9.17, 15) is 0 Å². The van der Waals surface area contributed by atoms with Gasteiger partial charge in [0.2, 0.25) is 5.75 Å². The van der Waals surface area contributed by atoms with E-state index in [1.54, 1.807) is 7.11 Å². The van der Waals surface area contributed by atoms with Crippen LogP contribution >= 0.6 is 0 Å². The van der Waals surface area contributed by atoms with E-state index in [4.69, 9.17) is 14.2 Å². The molecule has 2 rings (SSSR count). The molecule has 1 heterocycles. The molecule has 1 N–H and O–H groups in total. The maximum absolute atomic E-state index is 5.60. The molecule has 1 aromatic carbocycles. The first-order valence-corrected chi connectivity index (χ1v) is 6.58. The Morgan fingerprint density at radius 3 is 2.84 bits per heavy atom. The van der Waals surface area contributed by atoms with E-state index in [1.807, 2.05) is 12.1 Å². The van der Waals surface area contributed by atoms with Crippen LogP contribution in [0.2, 0.25) is 0 Å². The highest BCUT2D eigenvalue weighted by atomic mass is 16.6. The Morgan fingerprint density at radius 1 is 1.32 bits per heavy atom. The van der Waals surface area contributed by atoms with Crippen LogP contribution in [0.3, 0.4) is 0 Å². The molecule has 4 nitrogen and oxygen atoms in total. The Hall–Kier alpha value is -1.68. The second-order valence-electron chi connectivity index (χ2n) is 4.71. The molecule has 4 heteroatoms. The van der Waals surface area contributed by atoms with Crippen LogP contribution in [0, 0.1) is 0 Å². The predicted octanol–water partition coefficient (Wildman–Crippen LogP) is 2.48. The number of hydrogen-bond acceptors (Lipinski definition) is 4. The average molecular weight is 263 g/mol. The third-order valence-electron chi connectivity index (χ3n) is 2.80. The van der Waals surface area contributed by atoms with Crippen molar-refractivity contribution in [2.45, 2.75) is 19.9 Å². The lowest BCUT2D eigenvalue weighted by Crippen LogP contribution is -2.22. The van der Waals surface area contributed by atoms with Crippen LogP contribution in [0.5, 0.6) is 17.2 Å². The summed E-state index contributed by atoms with van der Waals surface area (Å²) < 4.78 is 16.5. The molecule has 0 saturated heterocycles. The smallest absolute Gasteiger partial charge is 0.203 e. The summed E-state index contributed by atoms with van der Waals surface area (Å²) >= 11 is 0. The van der Waals surface area contributed by atoms with Crippen LogP contribution < -0.4 is 19.5 Å². The Balaban J connectivity index is 2.13. The average Bonchev–Trinajstić information content (AvgIpc) is 2.42. The molecule has 1 aliphatic rings. The van der Waals surface area contributed by atoms with Crippen LogP contribution in [-0.2, 0) is 0 Å². The van der Waals surface area contributed by atoms with Crippen molar-refractivity contribution in [1.82, 2.24) is 5.32 Å². The van der Waals surface area contributed by atoms with Gasteiger partial charge in [0.25, 0.3) is 0 Å². The van der Waals surface area contributed by atoms with Gasteiger partial charge < -0.3 is 19.5 Å². The predicted molar refractivity (Wildman–Crippen MR) is 76.2 cm³/mol. The first-order valence-electron chi connectivity index (χ1n) is 6.58. The van der Waals surface area contributed by atoms with Gasteiger partial charge in [-0.3, -0.25) is 0 Å². The first-order chi connectivity index (χ1) is 9.20. The molecule has 0 atom stereocenters. The second-order valence-corrected chi connectivity index (χ2v) is 4.71. The van der Waals surface area contributed by atoms with E-state index in [2.05, 4.69) is 31.3 Å². The van der Waals surface area contributed by atoms with E-state index >= 15 is 0 Å². The summed E-state index contributed by atoms with van der Waals surface area (Å²) in [5, 5.41) is 3.33. The van der Waals surface area contributed by atoms with Gasteiger partial charge in [-0.2, -0.15) is 0 Å². The first kappa shape index (κ1) is 13.7. The van der Waals surface area contributed by atoms with Crippen molar-refractivity contribution in [2.24, 2.45) is 0 Å². The lowest BCUT2D eigenvalue weighted by atomic mass is 10.1. The number of hydrogen-bond donors (Lipinski definition) is 1. The quantitative estimate of drug-likeness (QED) is 0.886. The zero-order valence-corrected chi connectivity index (χ0v) is 11.7. The van der Waals surface area contributed by atoms with E-state index in [0.717, 1.165) is 17.9 Å². The summed E-state index contributed by atoms with van der Waals surface area (Å²) in [5.74, 6) is 2.17. The Morgan fingerprint density at radius 2 is 2.11 bits per heavy atom. The summed E-state index contributed by atoms with van der Waals surface area (Å²) in [7, 11) is 1.64.